The van der Waals surface area contributed by atoms with E-state index in [0.29, 0.717) is 17.1 Å². The zero-order valence-electron chi connectivity index (χ0n) is 14.6. The van der Waals surface area contributed by atoms with Crippen LogP contribution in [-0.2, 0) is 4.79 Å². The zero-order valence-corrected chi connectivity index (χ0v) is 14.6. The van der Waals surface area contributed by atoms with Gasteiger partial charge in [0.05, 0.1) is 33.5 Å². The van der Waals surface area contributed by atoms with Gasteiger partial charge in [0.1, 0.15) is 5.75 Å². The predicted octanol–water partition coefficient (Wildman–Crippen LogP) is 2.93. The highest BCUT2D eigenvalue weighted by molar-refractivity contribution is 5.86. The molecule has 0 heterocycles. The Morgan fingerprint density at radius 2 is 1.84 bits per heavy atom. The summed E-state index contributed by atoms with van der Waals surface area (Å²) in [5, 5.41) is 3.95. The Labute approximate surface area is 147 Å². The van der Waals surface area contributed by atoms with Gasteiger partial charge < -0.3 is 14.2 Å². The second-order valence-corrected chi connectivity index (χ2v) is 5.24. The smallest absolute Gasteiger partial charge is 0.243 e. The molecule has 0 atom stereocenters. The van der Waals surface area contributed by atoms with Crippen LogP contribution in [0.25, 0.3) is 0 Å². The number of benzene rings is 2. The number of carbonyl (C=O) groups is 1. The van der Waals surface area contributed by atoms with Crippen LogP contribution >= 0.6 is 0 Å². The first-order valence-corrected chi connectivity index (χ1v) is 7.87. The Kier molecular flexibility index (Phi) is 6.83. The molecular weight excluding hydrogens is 320 g/mol. The first-order chi connectivity index (χ1) is 12.2. The topological polar surface area (TPSA) is 69.2 Å². The average Bonchev–Trinajstić information content (AvgIpc) is 2.63. The van der Waals surface area contributed by atoms with Gasteiger partial charge in [-0.15, -0.1) is 0 Å². The molecule has 2 aromatic rings. The van der Waals surface area contributed by atoms with Gasteiger partial charge in [0, 0.05) is 5.56 Å². The van der Waals surface area contributed by atoms with Crippen LogP contribution in [0.2, 0.25) is 0 Å². The van der Waals surface area contributed by atoms with Crippen molar-refractivity contribution in [2.45, 2.75) is 13.3 Å². The van der Waals surface area contributed by atoms with Crippen molar-refractivity contribution >= 4 is 12.1 Å². The second-order valence-electron chi connectivity index (χ2n) is 5.24. The lowest BCUT2D eigenvalue weighted by atomic mass is 10.2. The van der Waals surface area contributed by atoms with E-state index < -0.39 is 0 Å². The van der Waals surface area contributed by atoms with Crippen molar-refractivity contribution in [3.8, 4) is 17.2 Å². The molecule has 0 aliphatic carbocycles. The van der Waals surface area contributed by atoms with Crippen molar-refractivity contribution in [3.63, 3.8) is 0 Å². The lowest BCUT2D eigenvalue weighted by molar-refractivity contribution is -0.121. The number of ether oxygens (including phenoxy) is 3. The number of carbonyl (C=O) groups excluding carboxylic acids is 1. The molecule has 0 aliphatic heterocycles. The Morgan fingerprint density at radius 3 is 2.56 bits per heavy atom. The molecule has 0 aliphatic rings. The van der Waals surface area contributed by atoms with E-state index >= 15 is 0 Å². The summed E-state index contributed by atoms with van der Waals surface area (Å²) in [5.74, 6) is 1.71. The summed E-state index contributed by atoms with van der Waals surface area (Å²) in [6.45, 7) is 2.25. The van der Waals surface area contributed by atoms with Gasteiger partial charge in [-0.3, -0.25) is 4.79 Å². The van der Waals surface area contributed by atoms with E-state index in [1.165, 1.54) is 6.21 Å². The molecule has 0 radical (unpaired) electrons. The summed E-state index contributed by atoms with van der Waals surface area (Å²) in [4.78, 5) is 11.8. The molecule has 6 nitrogen and oxygen atoms in total. The first-order valence-electron chi connectivity index (χ1n) is 7.87. The Bertz CT molecular complexity index is 744. The highest BCUT2D eigenvalue weighted by Gasteiger charge is 2.07. The molecule has 0 bridgehead atoms. The van der Waals surface area contributed by atoms with E-state index in [9.17, 15) is 4.79 Å². The Hall–Kier alpha value is -3.02. The van der Waals surface area contributed by atoms with Gasteiger partial charge in [-0.2, -0.15) is 5.10 Å². The normalized spacial score (nSPS) is 10.5. The van der Waals surface area contributed by atoms with E-state index in [-0.39, 0.29) is 18.9 Å². The van der Waals surface area contributed by atoms with Gasteiger partial charge in [-0.05, 0) is 30.7 Å². The molecular formula is C19H22N2O4. The summed E-state index contributed by atoms with van der Waals surface area (Å²) in [6, 6.07) is 13.1. The molecule has 1 amide bonds. The number of nitrogens with zero attached hydrogens (tertiary/aromatic N) is 1. The maximum absolute atomic E-state index is 11.8. The van der Waals surface area contributed by atoms with Crippen LogP contribution in [0.1, 0.15) is 17.5 Å². The van der Waals surface area contributed by atoms with Crippen LogP contribution in [-0.4, -0.2) is 32.9 Å². The molecule has 0 unspecified atom stereocenters. The van der Waals surface area contributed by atoms with Crippen molar-refractivity contribution in [3.05, 3.63) is 53.6 Å². The minimum Gasteiger partial charge on any atom is -0.493 e. The average molecular weight is 342 g/mol. The van der Waals surface area contributed by atoms with E-state index in [2.05, 4.69) is 10.5 Å². The summed E-state index contributed by atoms with van der Waals surface area (Å²) < 4.78 is 16.1. The van der Waals surface area contributed by atoms with Crippen LogP contribution in [0.15, 0.2) is 47.6 Å². The molecule has 0 saturated carbocycles. The number of methoxy groups -OCH3 is 2. The molecule has 0 aromatic heterocycles. The minimum atomic E-state index is -0.230. The molecule has 132 valence electrons. The molecule has 6 heteroatoms. The third kappa shape index (κ3) is 5.24. The summed E-state index contributed by atoms with van der Waals surface area (Å²) in [7, 11) is 3.12. The summed E-state index contributed by atoms with van der Waals surface area (Å²) in [5.41, 5.74) is 4.22. The van der Waals surface area contributed by atoms with Crippen molar-refractivity contribution in [1.82, 2.24) is 5.43 Å². The summed E-state index contributed by atoms with van der Waals surface area (Å²) in [6.07, 6.45) is 1.72. The predicted molar refractivity (Wildman–Crippen MR) is 96.6 cm³/mol. The number of hydrogen-bond donors (Lipinski definition) is 1. The van der Waals surface area contributed by atoms with Crippen molar-refractivity contribution in [1.29, 1.82) is 0 Å². The van der Waals surface area contributed by atoms with Gasteiger partial charge in [0.25, 0.3) is 0 Å². The maximum atomic E-state index is 11.8. The molecule has 2 rings (SSSR count). The zero-order chi connectivity index (χ0) is 18.1. The fourth-order valence-electron chi connectivity index (χ4n) is 2.22. The lowest BCUT2D eigenvalue weighted by Crippen LogP contribution is -2.20. The monoisotopic (exact) mass is 342 g/mol. The molecule has 0 spiro atoms. The van der Waals surface area contributed by atoms with E-state index in [0.717, 1.165) is 11.3 Å². The van der Waals surface area contributed by atoms with Gasteiger partial charge in [-0.1, -0.05) is 24.3 Å². The highest BCUT2D eigenvalue weighted by atomic mass is 16.5. The van der Waals surface area contributed by atoms with Crippen LogP contribution in [0, 0.1) is 6.92 Å². The van der Waals surface area contributed by atoms with E-state index in [1.54, 1.807) is 20.3 Å². The molecule has 2 aromatic carbocycles. The van der Waals surface area contributed by atoms with Gasteiger partial charge in [-0.25, -0.2) is 5.43 Å². The number of para-hydroxylation sites is 2. The first kappa shape index (κ1) is 18.3. The van der Waals surface area contributed by atoms with Crippen molar-refractivity contribution in [2.24, 2.45) is 5.10 Å². The van der Waals surface area contributed by atoms with Gasteiger partial charge >= 0.3 is 0 Å². The molecule has 0 saturated heterocycles. The van der Waals surface area contributed by atoms with Crippen LogP contribution in [0.3, 0.4) is 0 Å². The van der Waals surface area contributed by atoms with Gasteiger partial charge in [0.2, 0.25) is 5.91 Å². The van der Waals surface area contributed by atoms with Crippen molar-refractivity contribution in [2.75, 3.05) is 20.8 Å². The number of hydrogen-bond acceptors (Lipinski definition) is 5. The number of hydrazone groups is 1. The maximum Gasteiger partial charge on any atom is 0.243 e. The fourth-order valence-corrected chi connectivity index (χ4v) is 2.22. The minimum absolute atomic E-state index is 0.209. The highest BCUT2D eigenvalue weighted by Crippen LogP contribution is 2.29. The number of rotatable bonds is 8. The third-order valence-corrected chi connectivity index (χ3v) is 3.51. The Morgan fingerprint density at radius 1 is 1.08 bits per heavy atom. The molecule has 0 fully saturated rings. The standard InChI is InChI=1S/C19H22N2O4/c1-14-7-4-5-9-16(14)25-12-11-18(22)21-20-13-15-8-6-10-17(23-2)19(15)24-3/h4-10,13H,11-12H2,1-3H3,(H,21,22)/b20-13-. The summed E-state index contributed by atoms with van der Waals surface area (Å²) >= 11 is 0. The van der Waals surface area contributed by atoms with Crippen LogP contribution in [0.5, 0.6) is 17.2 Å². The quantitative estimate of drug-likeness (QED) is 0.591. The van der Waals surface area contributed by atoms with Crippen molar-refractivity contribution < 1.29 is 19.0 Å². The molecule has 25 heavy (non-hydrogen) atoms. The fraction of sp³-hybridized carbons (Fsp3) is 0.263. The Balaban J connectivity index is 1.84. The van der Waals surface area contributed by atoms with Crippen LogP contribution < -0.4 is 19.6 Å². The van der Waals surface area contributed by atoms with E-state index in [4.69, 9.17) is 14.2 Å². The third-order valence-electron chi connectivity index (χ3n) is 3.51. The lowest BCUT2D eigenvalue weighted by Gasteiger charge is -2.09. The SMILES string of the molecule is COc1cccc(/C=N\NC(=O)CCOc2ccccc2C)c1OC. The van der Waals surface area contributed by atoms with Crippen LogP contribution in [0.4, 0.5) is 0 Å². The van der Waals surface area contributed by atoms with E-state index in [1.807, 2.05) is 43.3 Å². The number of amides is 1. The molecule has 1 N–H and O–H groups in total. The van der Waals surface area contributed by atoms with Gasteiger partial charge in [0.15, 0.2) is 11.5 Å². The number of nitrogens with one attached hydrogen (secondary N) is 1. The second kappa shape index (κ2) is 9.32. The largest absolute Gasteiger partial charge is 0.493 e. The number of aryl methyl sites for hydroxylation is 1.